The van der Waals surface area contributed by atoms with Gasteiger partial charge >= 0.3 is 0 Å². The molecule has 1 saturated heterocycles. The number of aldehydes is 1. The van der Waals surface area contributed by atoms with Crippen LogP contribution < -0.4 is 10.5 Å². The first-order chi connectivity index (χ1) is 13.1. The molecule has 2 unspecified atom stereocenters. The largest absolute Gasteiger partial charge is 0.493 e. The van der Waals surface area contributed by atoms with Crippen LogP contribution in [0.1, 0.15) is 51.0 Å². The van der Waals surface area contributed by atoms with Gasteiger partial charge in [-0.3, -0.25) is 9.69 Å². The Balaban J connectivity index is 1.62. The second-order valence-electron chi connectivity index (χ2n) is 7.42. The Morgan fingerprint density at radius 2 is 2.04 bits per heavy atom. The highest BCUT2D eigenvalue weighted by Gasteiger charge is 2.35. The molecule has 0 bridgehead atoms. The first-order valence-electron chi connectivity index (χ1n) is 9.41. The average Bonchev–Trinajstić information content (AvgIpc) is 3.30. The number of carbonyl (C=O) groups is 2. The third kappa shape index (κ3) is 3.23. The molecule has 5 nitrogen and oxygen atoms in total. The molecule has 4 rings (SSSR count). The van der Waals surface area contributed by atoms with Crippen molar-refractivity contribution in [3.05, 3.63) is 64.2 Å². The van der Waals surface area contributed by atoms with Gasteiger partial charge in [0.25, 0.3) is 0 Å². The lowest BCUT2D eigenvalue weighted by atomic mass is 9.89. The molecule has 0 radical (unpaired) electrons. The van der Waals surface area contributed by atoms with Crippen LogP contribution >= 0.6 is 0 Å². The topological polar surface area (TPSA) is 72.6 Å². The summed E-state index contributed by atoms with van der Waals surface area (Å²) in [7, 11) is 0. The number of ether oxygens (including phenoxy) is 1. The zero-order valence-electron chi connectivity index (χ0n) is 15.5. The maximum Gasteiger partial charge on any atom is 0.248 e. The summed E-state index contributed by atoms with van der Waals surface area (Å²) in [6, 6.07) is 12.0. The average molecular weight is 364 g/mol. The number of hydrogen-bond donors (Lipinski definition) is 1. The number of rotatable bonds is 5. The first-order valence-corrected chi connectivity index (χ1v) is 9.41. The van der Waals surface area contributed by atoms with E-state index in [0.717, 1.165) is 43.6 Å². The lowest BCUT2D eigenvalue weighted by molar-refractivity contribution is -0.109. The number of fused-ring (bicyclic) bond motifs is 1. The van der Waals surface area contributed by atoms with E-state index in [1.807, 2.05) is 12.1 Å². The van der Waals surface area contributed by atoms with Crippen molar-refractivity contribution in [2.75, 3.05) is 19.7 Å². The molecule has 0 aliphatic carbocycles. The van der Waals surface area contributed by atoms with Gasteiger partial charge < -0.3 is 15.3 Å². The van der Waals surface area contributed by atoms with Crippen molar-refractivity contribution in [3.8, 4) is 5.75 Å². The summed E-state index contributed by atoms with van der Waals surface area (Å²) >= 11 is 0. The smallest absolute Gasteiger partial charge is 0.248 e. The van der Waals surface area contributed by atoms with Gasteiger partial charge in [-0.2, -0.15) is 0 Å². The molecule has 2 aliphatic heterocycles. The van der Waals surface area contributed by atoms with Gasteiger partial charge in [-0.15, -0.1) is 0 Å². The molecule has 0 saturated carbocycles. The minimum Gasteiger partial charge on any atom is -0.493 e. The van der Waals surface area contributed by atoms with E-state index in [4.69, 9.17) is 10.5 Å². The highest BCUT2D eigenvalue weighted by molar-refractivity contribution is 5.92. The number of hydrogen-bond acceptors (Lipinski definition) is 4. The van der Waals surface area contributed by atoms with Crippen molar-refractivity contribution in [1.29, 1.82) is 0 Å². The van der Waals surface area contributed by atoms with Gasteiger partial charge in [0.1, 0.15) is 12.0 Å². The Morgan fingerprint density at radius 1 is 1.26 bits per heavy atom. The number of likely N-dealkylation sites (tertiary alicyclic amines) is 1. The second-order valence-corrected chi connectivity index (χ2v) is 7.42. The van der Waals surface area contributed by atoms with E-state index >= 15 is 0 Å². The summed E-state index contributed by atoms with van der Waals surface area (Å²) in [6.45, 7) is 4.13. The highest BCUT2D eigenvalue weighted by atomic mass is 16.5. The van der Waals surface area contributed by atoms with Crippen molar-refractivity contribution in [3.63, 3.8) is 0 Å². The van der Waals surface area contributed by atoms with Crippen molar-refractivity contribution in [2.24, 2.45) is 5.73 Å². The molecule has 0 aromatic heterocycles. The van der Waals surface area contributed by atoms with Gasteiger partial charge in [-0.1, -0.05) is 24.3 Å². The van der Waals surface area contributed by atoms with Crippen molar-refractivity contribution >= 4 is 12.2 Å². The summed E-state index contributed by atoms with van der Waals surface area (Å²) in [5.41, 5.74) is 10.8. The van der Waals surface area contributed by atoms with Crippen LogP contribution in [-0.2, 0) is 11.2 Å². The monoisotopic (exact) mass is 364 g/mol. The molecule has 140 valence electrons. The Bertz CT molecular complexity index is 876. The summed E-state index contributed by atoms with van der Waals surface area (Å²) in [4.78, 5) is 24.8. The number of benzene rings is 2. The molecule has 2 aliphatic rings. The van der Waals surface area contributed by atoms with Crippen LogP contribution in [0.5, 0.6) is 5.75 Å². The number of primary amides is 1. The first kappa shape index (κ1) is 17.7. The third-order valence-electron chi connectivity index (χ3n) is 5.88. The van der Waals surface area contributed by atoms with E-state index in [-0.39, 0.29) is 6.04 Å². The summed E-state index contributed by atoms with van der Waals surface area (Å²) < 4.78 is 5.84. The number of carbonyl (C=O) groups excluding carboxylic acids is 2. The van der Waals surface area contributed by atoms with E-state index in [1.54, 1.807) is 12.1 Å². The molecule has 2 aromatic carbocycles. The second kappa shape index (κ2) is 7.16. The Labute approximate surface area is 159 Å². The SMILES string of the molecule is Cc1c(C2CC(c3ccc(C(N)=O)cc3)N(CC=O)C2)ccc2c1OCC2. The predicted molar refractivity (Wildman–Crippen MR) is 103 cm³/mol. The molecule has 2 heterocycles. The normalized spacial score (nSPS) is 21.7. The summed E-state index contributed by atoms with van der Waals surface area (Å²) in [5.74, 6) is 0.966. The standard InChI is InChI=1S/C22H24N2O3/c1-14-19(7-6-16-8-11-27-21(14)16)18-12-20(24(13-18)9-10-25)15-2-4-17(5-3-15)22(23)26/h2-7,10,18,20H,8-9,11-13H2,1H3,(H2,23,26). The van der Waals surface area contributed by atoms with Crippen LogP contribution in [0.15, 0.2) is 36.4 Å². The van der Waals surface area contributed by atoms with Gasteiger partial charge in [-0.25, -0.2) is 0 Å². The molecule has 2 aromatic rings. The van der Waals surface area contributed by atoms with Gasteiger partial charge in [0.2, 0.25) is 5.91 Å². The van der Waals surface area contributed by atoms with E-state index in [1.165, 1.54) is 16.7 Å². The zero-order valence-corrected chi connectivity index (χ0v) is 15.5. The lowest BCUT2D eigenvalue weighted by Crippen LogP contribution is -2.26. The minimum absolute atomic E-state index is 0.149. The molecule has 27 heavy (non-hydrogen) atoms. The Hall–Kier alpha value is -2.66. The molecular weight excluding hydrogens is 340 g/mol. The summed E-state index contributed by atoms with van der Waals surface area (Å²) in [6.07, 6.45) is 2.88. The van der Waals surface area contributed by atoms with E-state index in [0.29, 0.717) is 18.0 Å². The molecule has 0 spiro atoms. The molecule has 2 N–H and O–H groups in total. The van der Waals surface area contributed by atoms with Gasteiger partial charge in [0.15, 0.2) is 0 Å². The van der Waals surface area contributed by atoms with Crippen LogP contribution in [-0.4, -0.2) is 36.8 Å². The Morgan fingerprint density at radius 3 is 2.74 bits per heavy atom. The zero-order chi connectivity index (χ0) is 19.0. The van der Waals surface area contributed by atoms with Crippen molar-refractivity contribution in [2.45, 2.75) is 31.7 Å². The Kier molecular flexibility index (Phi) is 4.70. The maximum atomic E-state index is 11.3. The number of nitrogens with two attached hydrogens (primary N) is 1. The maximum absolute atomic E-state index is 11.3. The molecule has 1 amide bonds. The van der Waals surface area contributed by atoms with Crippen LogP contribution in [0.25, 0.3) is 0 Å². The van der Waals surface area contributed by atoms with Gasteiger partial charge in [-0.05, 0) is 53.6 Å². The third-order valence-corrected chi connectivity index (χ3v) is 5.88. The van der Waals surface area contributed by atoms with Gasteiger partial charge in [0, 0.05) is 24.6 Å². The fraction of sp³-hybridized carbons (Fsp3) is 0.364. The molecular formula is C22H24N2O3. The number of amides is 1. The number of nitrogens with zero attached hydrogens (tertiary/aromatic N) is 1. The van der Waals surface area contributed by atoms with Crippen LogP contribution in [0.4, 0.5) is 0 Å². The van der Waals surface area contributed by atoms with Crippen LogP contribution in [0, 0.1) is 6.92 Å². The van der Waals surface area contributed by atoms with E-state index in [9.17, 15) is 9.59 Å². The van der Waals surface area contributed by atoms with Crippen LogP contribution in [0.3, 0.4) is 0 Å². The molecule has 2 atom stereocenters. The van der Waals surface area contributed by atoms with Gasteiger partial charge in [0.05, 0.1) is 13.2 Å². The minimum atomic E-state index is -0.427. The fourth-order valence-electron chi connectivity index (χ4n) is 4.51. The van der Waals surface area contributed by atoms with Crippen molar-refractivity contribution < 1.29 is 14.3 Å². The molecule has 1 fully saturated rings. The quantitative estimate of drug-likeness (QED) is 0.828. The fourth-order valence-corrected chi connectivity index (χ4v) is 4.51. The lowest BCUT2D eigenvalue weighted by Gasteiger charge is -2.22. The summed E-state index contributed by atoms with van der Waals surface area (Å²) in [5, 5.41) is 0. The van der Waals surface area contributed by atoms with Crippen LogP contribution in [0.2, 0.25) is 0 Å². The van der Waals surface area contributed by atoms with E-state index < -0.39 is 5.91 Å². The van der Waals surface area contributed by atoms with Crippen molar-refractivity contribution in [1.82, 2.24) is 4.90 Å². The molecule has 5 heteroatoms. The highest BCUT2D eigenvalue weighted by Crippen LogP contribution is 2.43. The predicted octanol–water partition coefficient (Wildman–Crippen LogP) is 2.76. The van der Waals surface area contributed by atoms with E-state index in [2.05, 4.69) is 24.0 Å².